The van der Waals surface area contributed by atoms with E-state index in [2.05, 4.69) is 0 Å². The molecule has 17 heavy (non-hydrogen) atoms. The molecule has 0 aromatic rings. The van der Waals surface area contributed by atoms with Gasteiger partial charge in [0.25, 0.3) is 11.8 Å². The lowest BCUT2D eigenvalue weighted by Crippen LogP contribution is -2.51. The fraction of sp³-hybridized carbons (Fsp3) is 0.727. The van der Waals surface area contributed by atoms with E-state index < -0.39 is 12.2 Å². The Hall–Kier alpha value is -1.01. The van der Waals surface area contributed by atoms with Crippen molar-refractivity contribution in [1.29, 1.82) is 0 Å². The van der Waals surface area contributed by atoms with Gasteiger partial charge in [-0.2, -0.15) is 0 Å². The Labute approximate surface area is 105 Å². The largest absolute Gasteiger partial charge is 0.393 e. The topological polar surface area (TPSA) is 72.6 Å². The van der Waals surface area contributed by atoms with Crippen molar-refractivity contribution in [3.05, 3.63) is 0 Å². The average Bonchev–Trinajstić information content (AvgIpc) is 2.72. The van der Waals surface area contributed by atoms with Gasteiger partial charge in [-0.3, -0.25) is 14.5 Å². The molecule has 2 heterocycles. The number of ether oxygens (including phenoxy) is 1. The summed E-state index contributed by atoms with van der Waals surface area (Å²) in [5.74, 6) is -0.363. The van der Waals surface area contributed by atoms with Gasteiger partial charge in [0.1, 0.15) is 12.2 Å². The van der Waals surface area contributed by atoms with E-state index in [9.17, 15) is 9.59 Å². The van der Waals surface area contributed by atoms with Gasteiger partial charge in [-0.15, -0.1) is 0 Å². The number of carbonyl (C=O) groups excluding carboxylic acids is 2. The van der Waals surface area contributed by atoms with Gasteiger partial charge in [0.15, 0.2) is 0 Å². The van der Waals surface area contributed by atoms with Crippen LogP contribution in [0.1, 0.15) is 32.1 Å². The van der Waals surface area contributed by atoms with Crippen molar-refractivity contribution in [3.63, 3.8) is 0 Å². The molecular weight excluding hydrogens is 240 g/mol. The van der Waals surface area contributed by atoms with E-state index in [1.807, 2.05) is 0 Å². The summed E-state index contributed by atoms with van der Waals surface area (Å²) in [5.41, 5.74) is 5.38. The molecule has 6 heteroatoms. The molecule has 0 aliphatic carbocycles. The van der Waals surface area contributed by atoms with Crippen LogP contribution >= 0.6 is 12.2 Å². The van der Waals surface area contributed by atoms with Crippen LogP contribution in [0.25, 0.3) is 0 Å². The third-order valence-corrected chi connectivity index (χ3v) is 3.36. The Morgan fingerprint density at radius 2 is 1.88 bits per heavy atom. The number of unbranched alkanes of at least 4 members (excludes halogenated alkanes) is 1. The van der Waals surface area contributed by atoms with Crippen LogP contribution in [-0.2, 0) is 14.3 Å². The van der Waals surface area contributed by atoms with Crippen LogP contribution in [0.3, 0.4) is 0 Å². The second-order valence-corrected chi connectivity index (χ2v) is 4.97. The molecule has 2 saturated heterocycles. The molecule has 0 aromatic carbocycles. The van der Waals surface area contributed by atoms with Crippen molar-refractivity contribution in [2.75, 3.05) is 6.54 Å². The third kappa shape index (κ3) is 2.63. The standard InChI is InChI=1S/C11H16N2O3S/c12-9(17)3-1-2-6-13-10(14)7-4-5-8(16-7)11(13)15/h7-8H,1-6H2,(H2,12,17). The molecule has 2 rings (SSSR count). The second kappa shape index (κ2) is 5.10. The number of imide groups is 1. The predicted molar refractivity (Wildman–Crippen MR) is 65.3 cm³/mol. The highest BCUT2D eigenvalue weighted by Crippen LogP contribution is 2.28. The van der Waals surface area contributed by atoms with Crippen molar-refractivity contribution in [3.8, 4) is 0 Å². The van der Waals surface area contributed by atoms with Crippen molar-refractivity contribution in [2.45, 2.75) is 44.3 Å². The predicted octanol–water partition coefficient (Wildman–Crippen LogP) is 0.359. The van der Waals surface area contributed by atoms with Crippen LogP contribution in [0.15, 0.2) is 0 Å². The zero-order chi connectivity index (χ0) is 12.4. The first-order chi connectivity index (χ1) is 8.09. The SMILES string of the molecule is NC(=S)CCCCN1C(=O)C2CCC(O2)C1=O. The fourth-order valence-corrected chi connectivity index (χ4v) is 2.39. The number of fused-ring (bicyclic) bond motifs is 2. The van der Waals surface area contributed by atoms with E-state index in [0.29, 0.717) is 30.8 Å². The van der Waals surface area contributed by atoms with E-state index in [1.165, 1.54) is 4.90 Å². The quantitative estimate of drug-likeness (QED) is 0.437. The maximum Gasteiger partial charge on any atom is 0.258 e. The van der Waals surface area contributed by atoms with Gasteiger partial charge in [0.2, 0.25) is 0 Å². The van der Waals surface area contributed by atoms with Crippen molar-refractivity contribution in [2.24, 2.45) is 5.73 Å². The molecule has 2 amide bonds. The highest BCUT2D eigenvalue weighted by molar-refractivity contribution is 7.80. The lowest BCUT2D eigenvalue weighted by atomic mass is 10.2. The Morgan fingerprint density at radius 1 is 1.29 bits per heavy atom. The number of thiocarbonyl (C=S) groups is 1. The molecule has 2 atom stereocenters. The summed E-state index contributed by atoms with van der Waals surface area (Å²) in [7, 11) is 0. The molecule has 2 unspecified atom stereocenters. The summed E-state index contributed by atoms with van der Waals surface area (Å²) in [4.78, 5) is 25.5. The van der Waals surface area contributed by atoms with Crippen LogP contribution in [-0.4, -0.2) is 40.5 Å². The summed E-state index contributed by atoms with van der Waals surface area (Å²) in [6.07, 6.45) is 2.75. The molecule has 0 spiro atoms. The smallest absolute Gasteiger partial charge is 0.258 e. The van der Waals surface area contributed by atoms with E-state index in [0.717, 1.165) is 12.8 Å². The van der Waals surface area contributed by atoms with Gasteiger partial charge >= 0.3 is 0 Å². The maximum absolute atomic E-state index is 11.9. The Morgan fingerprint density at radius 3 is 2.41 bits per heavy atom. The van der Waals surface area contributed by atoms with Crippen molar-refractivity contribution >= 4 is 29.0 Å². The molecule has 2 aliphatic heterocycles. The molecular formula is C11H16N2O3S. The fourth-order valence-electron chi connectivity index (χ4n) is 2.25. The minimum atomic E-state index is -0.395. The molecule has 2 N–H and O–H groups in total. The molecule has 2 fully saturated rings. The first-order valence-electron chi connectivity index (χ1n) is 5.88. The zero-order valence-corrected chi connectivity index (χ0v) is 10.4. The monoisotopic (exact) mass is 256 g/mol. The highest BCUT2D eigenvalue weighted by atomic mass is 32.1. The molecule has 94 valence electrons. The number of nitrogens with two attached hydrogens (primary N) is 1. The molecule has 0 saturated carbocycles. The Bertz CT molecular complexity index is 337. The molecule has 0 aromatic heterocycles. The van der Waals surface area contributed by atoms with E-state index in [-0.39, 0.29) is 11.8 Å². The third-order valence-electron chi connectivity index (χ3n) is 3.16. The number of morpholine rings is 1. The lowest BCUT2D eigenvalue weighted by Gasteiger charge is -2.29. The number of likely N-dealkylation sites (tertiary alicyclic amines) is 1. The Kier molecular flexibility index (Phi) is 3.73. The van der Waals surface area contributed by atoms with E-state index in [1.54, 1.807) is 0 Å². The molecule has 0 radical (unpaired) electrons. The number of carbonyl (C=O) groups is 2. The number of hydrogen-bond acceptors (Lipinski definition) is 4. The number of amides is 2. The normalized spacial score (nSPS) is 27.6. The van der Waals surface area contributed by atoms with Crippen LogP contribution in [0.2, 0.25) is 0 Å². The summed E-state index contributed by atoms with van der Waals surface area (Å²) in [5, 5.41) is 0. The zero-order valence-electron chi connectivity index (χ0n) is 9.55. The summed E-state index contributed by atoms with van der Waals surface area (Å²) < 4.78 is 5.32. The number of hydrogen-bond donors (Lipinski definition) is 1. The second-order valence-electron chi connectivity index (χ2n) is 4.44. The first-order valence-corrected chi connectivity index (χ1v) is 6.29. The van der Waals surface area contributed by atoms with Crippen LogP contribution in [0, 0.1) is 0 Å². The van der Waals surface area contributed by atoms with Gasteiger partial charge in [-0.05, 0) is 32.1 Å². The van der Waals surface area contributed by atoms with Crippen molar-refractivity contribution in [1.82, 2.24) is 4.90 Å². The van der Waals surface area contributed by atoms with Gasteiger partial charge in [0, 0.05) is 6.54 Å². The average molecular weight is 256 g/mol. The summed E-state index contributed by atoms with van der Waals surface area (Å²) >= 11 is 4.77. The van der Waals surface area contributed by atoms with E-state index in [4.69, 9.17) is 22.7 Å². The number of nitrogens with zero attached hydrogens (tertiary/aromatic N) is 1. The minimum Gasteiger partial charge on any atom is -0.393 e. The maximum atomic E-state index is 11.9. The van der Waals surface area contributed by atoms with Gasteiger partial charge < -0.3 is 10.5 Å². The minimum absolute atomic E-state index is 0.181. The lowest BCUT2D eigenvalue weighted by molar-refractivity contribution is -0.168. The Balaban J connectivity index is 1.85. The van der Waals surface area contributed by atoms with Crippen LogP contribution in [0.4, 0.5) is 0 Å². The van der Waals surface area contributed by atoms with E-state index >= 15 is 0 Å². The molecule has 5 nitrogen and oxygen atoms in total. The van der Waals surface area contributed by atoms with Crippen molar-refractivity contribution < 1.29 is 14.3 Å². The van der Waals surface area contributed by atoms with Crippen LogP contribution < -0.4 is 5.73 Å². The number of rotatable bonds is 5. The highest BCUT2D eigenvalue weighted by Gasteiger charge is 2.45. The first kappa shape index (κ1) is 12.4. The summed E-state index contributed by atoms with van der Waals surface area (Å²) in [6, 6.07) is 0. The summed E-state index contributed by atoms with van der Waals surface area (Å²) in [6.45, 7) is 0.455. The molecule has 2 bridgehead atoms. The van der Waals surface area contributed by atoms with Gasteiger partial charge in [-0.25, -0.2) is 0 Å². The molecule has 2 aliphatic rings. The van der Waals surface area contributed by atoms with Crippen LogP contribution in [0.5, 0.6) is 0 Å². The van der Waals surface area contributed by atoms with Gasteiger partial charge in [-0.1, -0.05) is 12.2 Å². The van der Waals surface area contributed by atoms with Gasteiger partial charge in [0.05, 0.1) is 4.99 Å².